The zero-order chi connectivity index (χ0) is 13.7. The molecule has 1 saturated carbocycles. The highest BCUT2D eigenvalue weighted by Gasteiger charge is 2.12. The number of nitrogen functional groups attached to an aromatic ring is 1. The number of benzene rings is 1. The number of nitrogens with one attached hydrogen (secondary N) is 1. The maximum Gasteiger partial charge on any atom is 0.250 e. The van der Waals surface area contributed by atoms with Gasteiger partial charge >= 0.3 is 0 Å². The van der Waals surface area contributed by atoms with Gasteiger partial charge in [0, 0.05) is 17.4 Å². The summed E-state index contributed by atoms with van der Waals surface area (Å²) in [6.45, 7) is 0. The lowest BCUT2D eigenvalue weighted by Gasteiger charge is -2.22. The second-order valence-electron chi connectivity index (χ2n) is 5.35. The number of hydrogen-bond acceptors (Lipinski definition) is 3. The van der Waals surface area contributed by atoms with Crippen molar-refractivity contribution in [1.29, 1.82) is 0 Å². The summed E-state index contributed by atoms with van der Waals surface area (Å²) < 4.78 is 0. The van der Waals surface area contributed by atoms with Gasteiger partial charge in [-0.2, -0.15) is 0 Å². The third-order valence-corrected chi connectivity index (χ3v) is 3.79. The molecule has 19 heavy (non-hydrogen) atoms. The second kappa shape index (κ2) is 6.45. The van der Waals surface area contributed by atoms with Crippen LogP contribution in [0.4, 0.5) is 11.4 Å². The second-order valence-corrected chi connectivity index (χ2v) is 5.35. The molecule has 0 aromatic heterocycles. The Kier molecular flexibility index (Phi) is 4.66. The fourth-order valence-electron chi connectivity index (χ4n) is 2.70. The number of primary amides is 1. The van der Waals surface area contributed by atoms with E-state index in [1.807, 2.05) is 6.07 Å². The Morgan fingerprint density at radius 1 is 1.11 bits per heavy atom. The normalized spacial score (nSPS) is 17.5. The Morgan fingerprint density at radius 2 is 1.74 bits per heavy atom. The van der Waals surface area contributed by atoms with Gasteiger partial charge in [-0.3, -0.25) is 4.79 Å². The first-order chi connectivity index (χ1) is 9.16. The number of carbonyl (C=O) groups is 1. The van der Waals surface area contributed by atoms with Crippen LogP contribution in [0.1, 0.15) is 55.3 Å². The van der Waals surface area contributed by atoms with Crippen molar-refractivity contribution in [3.63, 3.8) is 0 Å². The molecule has 104 valence electrons. The van der Waals surface area contributed by atoms with Crippen molar-refractivity contribution in [1.82, 2.24) is 0 Å². The van der Waals surface area contributed by atoms with Gasteiger partial charge in [0.25, 0.3) is 5.91 Å². The summed E-state index contributed by atoms with van der Waals surface area (Å²) in [5, 5.41) is 3.51. The molecule has 0 spiro atoms. The number of amides is 1. The van der Waals surface area contributed by atoms with E-state index in [0.29, 0.717) is 17.3 Å². The molecular weight excluding hydrogens is 238 g/mol. The van der Waals surface area contributed by atoms with Gasteiger partial charge < -0.3 is 16.8 Å². The van der Waals surface area contributed by atoms with Crippen LogP contribution in [-0.4, -0.2) is 11.9 Å². The zero-order valence-electron chi connectivity index (χ0n) is 11.3. The van der Waals surface area contributed by atoms with Gasteiger partial charge in [0.1, 0.15) is 0 Å². The topological polar surface area (TPSA) is 81.1 Å². The summed E-state index contributed by atoms with van der Waals surface area (Å²) in [4.78, 5) is 11.3. The average Bonchev–Trinajstić information content (AvgIpc) is 2.34. The van der Waals surface area contributed by atoms with Gasteiger partial charge in [0.2, 0.25) is 0 Å². The van der Waals surface area contributed by atoms with Crippen LogP contribution in [0.2, 0.25) is 0 Å². The molecule has 4 nitrogen and oxygen atoms in total. The molecule has 4 heteroatoms. The van der Waals surface area contributed by atoms with Crippen LogP contribution >= 0.6 is 0 Å². The fraction of sp³-hybridized carbons (Fsp3) is 0.533. The van der Waals surface area contributed by atoms with Crippen molar-refractivity contribution in [2.75, 3.05) is 11.1 Å². The minimum Gasteiger partial charge on any atom is -0.398 e. The monoisotopic (exact) mass is 261 g/mol. The largest absolute Gasteiger partial charge is 0.398 e. The fourth-order valence-corrected chi connectivity index (χ4v) is 2.70. The number of carbonyl (C=O) groups excluding carboxylic acids is 1. The van der Waals surface area contributed by atoms with E-state index in [1.165, 1.54) is 44.9 Å². The van der Waals surface area contributed by atoms with Gasteiger partial charge in [0.05, 0.1) is 5.56 Å². The van der Waals surface area contributed by atoms with Crippen molar-refractivity contribution in [3.05, 3.63) is 23.8 Å². The van der Waals surface area contributed by atoms with Crippen LogP contribution in [-0.2, 0) is 0 Å². The van der Waals surface area contributed by atoms with Crippen molar-refractivity contribution in [2.24, 2.45) is 5.73 Å². The smallest absolute Gasteiger partial charge is 0.250 e. The van der Waals surface area contributed by atoms with Crippen LogP contribution in [0.15, 0.2) is 18.2 Å². The molecule has 0 heterocycles. The molecule has 1 aromatic carbocycles. The van der Waals surface area contributed by atoms with E-state index < -0.39 is 5.91 Å². The van der Waals surface area contributed by atoms with Gasteiger partial charge in [-0.15, -0.1) is 0 Å². The number of hydrogen-bond donors (Lipinski definition) is 3. The van der Waals surface area contributed by atoms with Crippen molar-refractivity contribution >= 4 is 17.3 Å². The Hall–Kier alpha value is -1.71. The molecule has 0 aliphatic heterocycles. The number of nitrogens with two attached hydrogens (primary N) is 2. The SMILES string of the molecule is NC(=O)c1cc(NC2CCCCCCC2)ccc1N. The van der Waals surface area contributed by atoms with Gasteiger partial charge in [-0.1, -0.05) is 32.1 Å². The van der Waals surface area contributed by atoms with E-state index in [9.17, 15) is 4.79 Å². The molecule has 1 aliphatic carbocycles. The van der Waals surface area contributed by atoms with E-state index in [-0.39, 0.29) is 0 Å². The van der Waals surface area contributed by atoms with Crippen LogP contribution < -0.4 is 16.8 Å². The third-order valence-electron chi connectivity index (χ3n) is 3.79. The van der Waals surface area contributed by atoms with E-state index in [0.717, 1.165) is 5.69 Å². The highest BCUT2D eigenvalue weighted by Crippen LogP contribution is 2.23. The quantitative estimate of drug-likeness (QED) is 0.732. The summed E-state index contributed by atoms with van der Waals surface area (Å²) in [5.41, 5.74) is 12.8. The molecule has 0 saturated heterocycles. The molecule has 0 atom stereocenters. The van der Waals surface area contributed by atoms with E-state index in [4.69, 9.17) is 11.5 Å². The first-order valence-electron chi connectivity index (χ1n) is 7.12. The van der Waals surface area contributed by atoms with Crippen molar-refractivity contribution in [2.45, 2.75) is 51.0 Å². The summed E-state index contributed by atoms with van der Waals surface area (Å²) in [6.07, 6.45) is 8.94. The molecule has 0 unspecified atom stereocenters. The molecule has 2 rings (SSSR count). The van der Waals surface area contributed by atoms with Gasteiger partial charge in [0.15, 0.2) is 0 Å². The standard InChI is InChI=1S/C15H23N3O/c16-14-9-8-12(10-13(14)15(17)19)18-11-6-4-2-1-3-5-7-11/h8-11,18H,1-7,16H2,(H2,17,19). The van der Waals surface area contributed by atoms with Crippen LogP contribution in [0.25, 0.3) is 0 Å². The minimum absolute atomic E-state index is 0.399. The molecule has 0 bridgehead atoms. The Labute approximate surface area is 114 Å². The Morgan fingerprint density at radius 3 is 2.37 bits per heavy atom. The lowest BCUT2D eigenvalue weighted by molar-refractivity contribution is 0.100. The molecule has 5 N–H and O–H groups in total. The highest BCUT2D eigenvalue weighted by atomic mass is 16.1. The predicted octanol–water partition coefficient (Wildman–Crippen LogP) is 2.89. The van der Waals surface area contributed by atoms with E-state index in [1.54, 1.807) is 12.1 Å². The van der Waals surface area contributed by atoms with Crippen molar-refractivity contribution < 1.29 is 4.79 Å². The van der Waals surface area contributed by atoms with Crippen LogP contribution in [0.3, 0.4) is 0 Å². The van der Waals surface area contributed by atoms with Gasteiger partial charge in [-0.05, 0) is 31.0 Å². The summed E-state index contributed by atoms with van der Waals surface area (Å²) in [6, 6.07) is 5.91. The molecule has 1 fully saturated rings. The first-order valence-corrected chi connectivity index (χ1v) is 7.12. The predicted molar refractivity (Wildman–Crippen MR) is 79.1 cm³/mol. The Balaban J connectivity index is 2.05. The molecule has 0 radical (unpaired) electrons. The molecular formula is C15H23N3O. The third kappa shape index (κ3) is 3.88. The minimum atomic E-state index is -0.473. The lowest BCUT2D eigenvalue weighted by Crippen LogP contribution is -2.21. The Bertz CT molecular complexity index is 437. The van der Waals surface area contributed by atoms with Crippen LogP contribution in [0.5, 0.6) is 0 Å². The maximum absolute atomic E-state index is 11.3. The van der Waals surface area contributed by atoms with Crippen molar-refractivity contribution in [3.8, 4) is 0 Å². The average molecular weight is 261 g/mol. The zero-order valence-corrected chi connectivity index (χ0v) is 11.3. The summed E-state index contributed by atoms with van der Waals surface area (Å²) in [5.74, 6) is -0.473. The first kappa shape index (κ1) is 13.7. The highest BCUT2D eigenvalue weighted by molar-refractivity contribution is 5.98. The molecule has 1 aromatic rings. The van der Waals surface area contributed by atoms with Gasteiger partial charge in [-0.25, -0.2) is 0 Å². The van der Waals surface area contributed by atoms with E-state index in [2.05, 4.69) is 5.32 Å². The summed E-state index contributed by atoms with van der Waals surface area (Å²) in [7, 11) is 0. The number of rotatable bonds is 3. The molecule has 1 amide bonds. The lowest BCUT2D eigenvalue weighted by atomic mass is 9.96. The summed E-state index contributed by atoms with van der Waals surface area (Å²) >= 11 is 0. The maximum atomic E-state index is 11.3. The van der Waals surface area contributed by atoms with E-state index >= 15 is 0 Å². The number of anilines is 2. The van der Waals surface area contributed by atoms with Crippen LogP contribution in [0, 0.1) is 0 Å². The molecule has 1 aliphatic rings.